The SMILES string of the molecule is CC(=O)SC(Cc1ccccc1C)C(=O)N[C@H]1CCc2ccccc2N(CC(=O)O)C1=O. The van der Waals surface area contributed by atoms with Crippen LogP contribution in [0.1, 0.15) is 30.0 Å². The van der Waals surface area contributed by atoms with Gasteiger partial charge in [0.05, 0.1) is 5.25 Å². The van der Waals surface area contributed by atoms with E-state index in [4.69, 9.17) is 0 Å². The van der Waals surface area contributed by atoms with Crippen molar-refractivity contribution in [3.8, 4) is 0 Å². The van der Waals surface area contributed by atoms with Gasteiger partial charge in [0.25, 0.3) is 0 Å². The van der Waals surface area contributed by atoms with Crippen LogP contribution < -0.4 is 10.2 Å². The predicted molar refractivity (Wildman–Crippen MR) is 124 cm³/mol. The zero-order valence-electron chi connectivity index (χ0n) is 18.0. The molecule has 2 atom stereocenters. The Morgan fingerprint density at radius 3 is 2.53 bits per heavy atom. The molecule has 168 valence electrons. The summed E-state index contributed by atoms with van der Waals surface area (Å²) in [6.45, 7) is 2.86. The number of carboxylic acid groups (broad SMARTS) is 1. The molecule has 1 aliphatic rings. The standard InChI is InChI=1S/C24H26N2O5S/c1-15-7-3-4-9-18(15)13-21(32-16(2)27)23(30)25-19-12-11-17-8-5-6-10-20(17)26(24(19)31)14-22(28)29/h3-10,19,21H,11-14H2,1-2H3,(H,25,30)(H,28,29)/t19-,21?/m0/s1. The van der Waals surface area contributed by atoms with Crippen LogP contribution in [0.25, 0.3) is 0 Å². The first-order valence-electron chi connectivity index (χ1n) is 10.4. The molecule has 0 aliphatic carbocycles. The lowest BCUT2D eigenvalue weighted by molar-refractivity contribution is -0.137. The van der Waals surface area contributed by atoms with Crippen molar-refractivity contribution in [2.45, 2.75) is 44.4 Å². The number of carboxylic acids is 1. The van der Waals surface area contributed by atoms with Crippen LogP contribution in [0.4, 0.5) is 5.69 Å². The second-order valence-electron chi connectivity index (χ2n) is 7.78. The van der Waals surface area contributed by atoms with Gasteiger partial charge >= 0.3 is 5.97 Å². The molecule has 0 fully saturated rings. The molecule has 2 N–H and O–H groups in total. The molecule has 2 amide bonds. The molecule has 0 aromatic heterocycles. The Balaban J connectivity index is 1.82. The van der Waals surface area contributed by atoms with Gasteiger partial charge in [0.2, 0.25) is 11.8 Å². The molecule has 32 heavy (non-hydrogen) atoms. The van der Waals surface area contributed by atoms with Crippen LogP contribution in [0.3, 0.4) is 0 Å². The fourth-order valence-electron chi connectivity index (χ4n) is 3.84. The topological polar surface area (TPSA) is 104 Å². The molecule has 1 aliphatic heterocycles. The number of amides is 2. The summed E-state index contributed by atoms with van der Waals surface area (Å²) in [5.74, 6) is -2.01. The largest absolute Gasteiger partial charge is 0.480 e. The van der Waals surface area contributed by atoms with Crippen LogP contribution in [-0.2, 0) is 32.0 Å². The van der Waals surface area contributed by atoms with Crippen molar-refractivity contribution in [3.05, 3.63) is 65.2 Å². The van der Waals surface area contributed by atoms with Gasteiger partial charge in [0.1, 0.15) is 12.6 Å². The van der Waals surface area contributed by atoms with Crippen LogP contribution in [-0.4, -0.2) is 45.8 Å². The highest BCUT2D eigenvalue weighted by Gasteiger charge is 2.34. The maximum absolute atomic E-state index is 13.2. The maximum Gasteiger partial charge on any atom is 0.323 e. The van der Waals surface area contributed by atoms with Crippen LogP contribution in [0, 0.1) is 6.92 Å². The third kappa shape index (κ3) is 5.76. The quantitative estimate of drug-likeness (QED) is 0.667. The Bertz CT molecular complexity index is 1040. The zero-order chi connectivity index (χ0) is 23.3. The van der Waals surface area contributed by atoms with E-state index in [-0.39, 0.29) is 5.12 Å². The van der Waals surface area contributed by atoms with Crippen LogP contribution in [0.5, 0.6) is 0 Å². The Hall–Kier alpha value is -3.13. The van der Waals surface area contributed by atoms with Gasteiger partial charge in [-0.05, 0) is 48.9 Å². The van der Waals surface area contributed by atoms with Crippen LogP contribution >= 0.6 is 11.8 Å². The number of carbonyl (C=O) groups excluding carboxylic acids is 3. The molecule has 0 spiro atoms. The van der Waals surface area contributed by atoms with Gasteiger partial charge in [0.15, 0.2) is 5.12 Å². The molecule has 0 radical (unpaired) electrons. The van der Waals surface area contributed by atoms with E-state index in [1.807, 2.05) is 43.3 Å². The van der Waals surface area contributed by atoms with Gasteiger partial charge in [-0.25, -0.2) is 0 Å². The number of rotatable bonds is 7. The number of hydrogen-bond acceptors (Lipinski definition) is 5. The van der Waals surface area contributed by atoms with Crippen molar-refractivity contribution in [1.82, 2.24) is 5.32 Å². The van der Waals surface area contributed by atoms with Gasteiger partial charge in [-0.3, -0.25) is 24.1 Å². The number of thioether (sulfide) groups is 1. The number of hydrogen-bond donors (Lipinski definition) is 2. The smallest absolute Gasteiger partial charge is 0.323 e. The highest BCUT2D eigenvalue weighted by atomic mass is 32.2. The van der Waals surface area contributed by atoms with Crippen LogP contribution in [0.15, 0.2) is 48.5 Å². The summed E-state index contributed by atoms with van der Waals surface area (Å²) in [5, 5.41) is 11.2. The highest BCUT2D eigenvalue weighted by molar-refractivity contribution is 8.14. The second-order valence-corrected chi connectivity index (χ2v) is 9.16. The number of nitrogens with zero attached hydrogens (tertiary/aromatic N) is 1. The number of anilines is 1. The zero-order valence-corrected chi connectivity index (χ0v) is 18.9. The van der Waals surface area contributed by atoms with E-state index in [0.29, 0.717) is 24.9 Å². The first-order chi connectivity index (χ1) is 15.3. The second kappa shape index (κ2) is 10.5. The molecule has 7 nitrogen and oxygen atoms in total. The van der Waals surface area contributed by atoms with Gasteiger partial charge in [-0.15, -0.1) is 0 Å². The molecular formula is C24H26N2O5S. The van der Waals surface area contributed by atoms with E-state index in [1.54, 1.807) is 12.1 Å². The van der Waals surface area contributed by atoms with E-state index in [1.165, 1.54) is 11.8 Å². The predicted octanol–water partition coefficient (Wildman–Crippen LogP) is 2.73. The van der Waals surface area contributed by atoms with E-state index < -0.39 is 35.6 Å². The average Bonchev–Trinajstić information content (AvgIpc) is 2.86. The van der Waals surface area contributed by atoms with Gasteiger partial charge in [-0.1, -0.05) is 54.2 Å². The number of aliphatic carboxylic acids is 1. The van der Waals surface area contributed by atoms with Gasteiger partial charge in [0, 0.05) is 12.6 Å². The molecule has 2 aromatic carbocycles. The molecular weight excluding hydrogens is 428 g/mol. The molecule has 2 aromatic rings. The summed E-state index contributed by atoms with van der Waals surface area (Å²) in [7, 11) is 0. The van der Waals surface area contributed by atoms with E-state index in [0.717, 1.165) is 28.5 Å². The van der Waals surface area contributed by atoms with Crippen molar-refractivity contribution in [2.24, 2.45) is 0 Å². The van der Waals surface area contributed by atoms with Crippen molar-refractivity contribution in [2.75, 3.05) is 11.4 Å². The normalized spacial score (nSPS) is 16.6. The minimum atomic E-state index is -1.13. The van der Waals surface area contributed by atoms with Gasteiger partial charge < -0.3 is 10.4 Å². The highest BCUT2D eigenvalue weighted by Crippen LogP contribution is 2.27. The minimum absolute atomic E-state index is 0.189. The number of para-hydroxylation sites is 1. The summed E-state index contributed by atoms with van der Waals surface area (Å²) in [4.78, 5) is 50.8. The lowest BCUT2D eigenvalue weighted by Crippen LogP contribution is -2.51. The monoisotopic (exact) mass is 454 g/mol. The lowest BCUT2D eigenvalue weighted by atomic mass is 10.0. The third-order valence-corrected chi connectivity index (χ3v) is 6.42. The first-order valence-corrected chi connectivity index (χ1v) is 11.3. The fraction of sp³-hybridized carbons (Fsp3) is 0.333. The van der Waals surface area contributed by atoms with E-state index >= 15 is 0 Å². The van der Waals surface area contributed by atoms with E-state index in [2.05, 4.69) is 5.32 Å². The molecule has 8 heteroatoms. The lowest BCUT2D eigenvalue weighted by Gasteiger charge is -2.26. The van der Waals surface area contributed by atoms with Crippen molar-refractivity contribution in [1.29, 1.82) is 0 Å². The molecule has 0 saturated heterocycles. The molecule has 0 bridgehead atoms. The summed E-state index contributed by atoms with van der Waals surface area (Å²) in [5.41, 5.74) is 3.37. The summed E-state index contributed by atoms with van der Waals surface area (Å²) >= 11 is 0.935. The average molecular weight is 455 g/mol. The Morgan fingerprint density at radius 1 is 1.16 bits per heavy atom. The van der Waals surface area contributed by atoms with Crippen molar-refractivity contribution in [3.63, 3.8) is 0 Å². The molecule has 1 heterocycles. The first kappa shape index (κ1) is 23.5. The number of fused-ring (bicyclic) bond motifs is 1. The van der Waals surface area contributed by atoms with Crippen molar-refractivity contribution >= 4 is 40.3 Å². The number of benzene rings is 2. The number of carbonyl (C=O) groups is 4. The molecule has 1 unspecified atom stereocenters. The summed E-state index contributed by atoms with van der Waals surface area (Å²) in [6.07, 6.45) is 1.22. The molecule has 3 rings (SSSR count). The van der Waals surface area contributed by atoms with Gasteiger partial charge in [-0.2, -0.15) is 0 Å². The minimum Gasteiger partial charge on any atom is -0.480 e. The third-order valence-electron chi connectivity index (χ3n) is 5.43. The van der Waals surface area contributed by atoms with Crippen molar-refractivity contribution < 1.29 is 24.3 Å². The number of aryl methyl sites for hydroxylation is 2. The Labute approximate surface area is 191 Å². The summed E-state index contributed by atoms with van der Waals surface area (Å²) in [6, 6.07) is 13.9. The number of nitrogens with one attached hydrogen (secondary N) is 1. The molecule has 0 saturated carbocycles. The summed E-state index contributed by atoms with van der Waals surface area (Å²) < 4.78 is 0. The Kier molecular flexibility index (Phi) is 7.69. The maximum atomic E-state index is 13.2. The van der Waals surface area contributed by atoms with Crippen LogP contribution in [0.2, 0.25) is 0 Å². The fourth-order valence-corrected chi connectivity index (χ4v) is 4.68. The van der Waals surface area contributed by atoms with E-state index in [9.17, 15) is 24.3 Å². The Morgan fingerprint density at radius 2 is 1.84 bits per heavy atom.